The van der Waals surface area contributed by atoms with Crippen LogP contribution in [-0.2, 0) is 28.5 Å². The van der Waals surface area contributed by atoms with E-state index in [0.29, 0.717) is 107 Å². The zero-order valence-corrected chi connectivity index (χ0v) is 67.4. The summed E-state index contributed by atoms with van der Waals surface area (Å²) in [6, 6.07) is 7.28. The quantitative estimate of drug-likeness (QED) is 0.0321. The van der Waals surface area contributed by atoms with Gasteiger partial charge >= 0.3 is 60.2 Å². The molecule has 5 aliphatic rings. The van der Waals surface area contributed by atoms with E-state index in [-0.39, 0.29) is 58.5 Å². The number of hydrogen-bond acceptors (Lipinski definition) is 30. The van der Waals surface area contributed by atoms with Crippen molar-refractivity contribution < 1.29 is 97.2 Å². The van der Waals surface area contributed by atoms with Gasteiger partial charge in [0.25, 0.3) is 0 Å². The van der Waals surface area contributed by atoms with Gasteiger partial charge in [0.2, 0.25) is 0 Å². The molecular weight excluding hydrogens is 1490 g/mol. The molecule has 10 heterocycles. The maximum atomic E-state index is 12.0. The van der Waals surface area contributed by atoms with Gasteiger partial charge in [0.15, 0.2) is 28.5 Å². The lowest BCUT2D eigenvalue weighted by Gasteiger charge is -2.36. The van der Waals surface area contributed by atoms with Gasteiger partial charge < -0.3 is 94.6 Å². The van der Waals surface area contributed by atoms with Crippen LogP contribution in [0, 0.1) is 11.8 Å². The maximum absolute atomic E-state index is 12.0. The molecule has 0 bridgehead atoms. The molecule has 2 atom stereocenters. The van der Waals surface area contributed by atoms with Crippen LogP contribution in [0.25, 0.3) is 0 Å². The van der Waals surface area contributed by atoms with Gasteiger partial charge in [-0.15, -0.1) is 0 Å². The predicted molar refractivity (Wildman–Crippen MR) is 414 cm³/mol. The monoisotopic (exact) mass is 1600 g/mol. The SMILES string of the molecule is CC(C)(C)OC(=O)CCC1CCN(c2cc(C(=O)O)ncn2)CC1.CC(C)(C)OC(=O)N1CCN(c2cc(C(=O)O)ncn2)CC1.CC(C)(C)OC(=O)NC1CCN(c2cc(C(=O)O)ncn2)C1.CC(C)(C)OC(=O)NC1CCN(c2cc(C(=O)O)ncn2)CC1.CC(C)(C)OC(=O)NC[C@H]1CCN(c2cc(C(=O)O)ncn2)C1. The number of esters is 1. The summed E-state index contributed by atoms with van der Waals surface area (Å²) < 4.78 is 26.3. The van der Waals surface area contributed by atoms with E-state index in [0.717, 1.165) is 64.6 Å². The Morgan fingerprint density at radius 3 is 1.02 bits per heavy atom. The number of piperazine rings is 1. The first-order valence-electron chi connectivity index (χ1n) is 37.4. The van der Waals surface area contributed by atoms with E-state index in [1.807, 2.05) is 123 Å². The molecule has 0 aromatic carbocycles. The number of piperidine rings is 2. The van der Waals surface area contributed by atoms with E-state index in [1.165, 1.54) is 62.0 Å². The number of aromatic nitrogens is 10. The Hall–Kier alpha value is -11.7. The summed E-state index contributed by atoms with van der Waals surface area (Å²) in [7, 11) is 0. The molecule has 0 radical (unpaired) electrons. The van der Waals surface area contributed by atoms with Crippen LogP contribution < -0.4 is 40.4 Å². The second-order valence-corrected chi connectivity index (χ2v) is 32.3. The van der Waals surface area contributed by atoms with Crippen molar-refractivity contribution in [2.75, 3.05) is 110 Å². The van der Waals surface area contributed by atoms with Crippen LogP contribution in [0.5, 0.6) is 0 Å². The summed E-state index contributed by atoms with van der Waals surface area (Å²) in [4.78, 5) is 164. The molecule has 1 unspecified atom stereocenters. The lowest BCUT2D eigenvalue weighted by Crippen LogP contribution is -2.50. The molecule has 10 rings (SSSR count). The zero-order valence-electron chi connectivity index (χ0n) is 67.4. The van der Waals surface area contributed by atoms with Crippen molar-refractivity contribution in [2.45, 2.75) is 195 Å². The number of carboxylic acid groups (broad SMARTS) is 5. The fraction of sp³-hybridized carbons (Fsp3) is 0.600. The summed E-state index contributed by atoms with van der Waals surface area (Å²) in [6.07, 6.45) is 10.9. The highest BCUT2D eigenvalue weighted by Crippen LogP contribution is 2.28. The van der Waals surface area contributed by atoms with Crippen LogP contribution in [0.1, 0.15) is 208 Å². The minimum Gasteiger partial charge on any atom is -0.477 e. The number of hydrogen-bond donors (Lipinski definition) is 8. The van der Waals surface area contributed by atoms with Crippen LogP contribution in [0.3, 0.4) is 0 Å². The van der Waals surface area contributed by atoms with Gasteiger partial charge in [-0.2, -0.15) is 0 Å². The maximum Gasteiger partial charge on any atom is 0.410 e. The standard InChI is InChI=1S/C17H25N3O4.2C15H22N4O4.2C14H20N4O4/c1-17(2,3)24-15(21)5-4-12-6-8-20(9-7-12)14-10-13(16(22)23)18-11-19-14;1-15(2,3)23-14(22)18-10-4-6-19(7-5-10)12-8-11(13(20)21)16-9-17-12;1-15(2,3)23-14(22)16-7-10-4-5-19(8-10)12-6-11(13(20)21)17-9-18-12;1-14(2,3)22-13(21)18-6-4-17(5-7-18)11-8-10(12(19)20)15-9-16-11;1-14(2,3)22-13(21)17-9-4-5-18(7-9)11-6-10(12(19)20)15-8-16-11/h10-12H,4-9H2,1-3H3,(H,22,23);8-10H,4-7H2,1-3H3,(H,18,22)(H,20,21);6,9-10H,4-5,7-8H2,1-3H3,(H,16,22)(H,20,21);8-9H,4-7H2,1-3H3,(H,19,20);6,8-9H,4-5,7H2,1-3H3,(H,17,21)(H,19,20)/t;;10-;;/m..1../s1. The zero-order chi connectivity index (χ0) is 84.5. The van der Waals surface area contributed by atoms with E-state index in [1.54, 1.807) is 4.90 Å². The second kappa shape index (κ2) is 41.2. The molecular formula is C75H109N19O20. The number of alkyl carbamates (subject to hydrolysis) is 3. The minimum atomic E-state index is -1.09. The molecule has 624 valence electrons. The molecule has 0 saturated carbocycles. The molecule has 0 aliphatic carbocycles. The minimum absolute atomic E-state index is 0.00653. The first kappa shape index (κ1) is 91.2. The van der Waals surface area contributed by atoms with Gasteiger partial charge in [-0.25, -0.2) is 93.0 Å². The molecule has 5 aromatic rings. The third kappa shape index (κ3) is 32.9. The predicted octanol–water partition coefficient (Wildman–Crippen LogP) is 8.22. The topological polar surface area (TPSA) is 502 Å². The lowest BCUT2D eigenvalue weighted by atomic mass is 9.92. The molecule has 0 spiro atoms. The Labute approximate surface area is 661 Å². The lowest BCUT2D eigenvalue weighted by molar-refractivity contribution is -0.155. The van der Waals surface area contributed by atoms with Gasteiger partial charge in [0, 0.05) is 128 Å². The highest BCUT2D eigenvalue weighted by Gasteiger charge is 2.32. The van der Waals surface area contributed by atoms with Gasteiger partial charge in [-0.3, -0.25) is 4.79 Å². The normalized spacial score (nSPS) is 16.7. The summed E-state index contributed by atoms with van der Waals surface area (Å²) >= 11 is 0. The number of nitrogens with one attached hydrogen (secondary N) is 3. The van der Waals surface area contributed by atoms with Gasteiger partial charge in [-0.1, -0.05) is 0 Å². The number of rotatable bonds is 17. The molecule has 5 aromatic heterocycles. The van der Waals surface area contributed by atoms with Crippen molar-refractivity contribution >= 4 is 89.3 Å². The van der Waals surface area contributed by atoms with Crippen molar-refractivity contribution in [1.29, 1.82) is 0 Å². The number of amides is 4. The molecule has 5 saturated heterocycles. The van der Waals surface area contributed by atoms with Crippen molar-refractivity contribution in [3.63, 3.8) is 0 Å². The van der Waals surface area contributed by atoms with Gasteiger partial charge in [0.05, 0.1) is 6.04 Å². The molecule has 8 N–H and O–H groups in total. The third-order valence-electron chi connectivity index (χ3n) is 17.0. The van der Waals surface area contributed by atoms with Crippen LogP contribution in [0.2, 0.25) is 0 Å². The summed E-state index contributed by atoms with van der Waals surface area (Å²) in [6.45, 7) is 35.7. The largest absolute Gasteiger partial charge is 0.477 e. The summed E-state index contributed by atoms with van der Waals surface area (Å²) in [5, 5.41) is 53.3. The third-order valence-corrected chi connectivity index (χ3v) is 17.0. The van der Waals surface area contributed by atoms with Gasteiger partial charge in [0.1, 0.15) is 88.7 Å². The van der Waals surface area contributed by atoms with E-state index in [4.69, 9.17) is 49.2 Å². The highest BCUT2D eigenvalue weighted by atomic mass is 16.6. The first-order valence-corrected chi connectivity index (χ1v) is 37.4. The van der Waals surface area contributed by atoms with E-state index in [2.05, 4.69) is 70.7 Å². The average Bonchev–Trinajstić information content (AvgIpc) is 1.39. The number of anilines is 5. The fourth-order valence-corrected chi connectivity index (χ4v) is 11.8. The number of ether oxygens (including phenoxy) is 5. The van der Waals surface area contributed by atoms with Crippen molar-refractivity contribution in [1.82, 2.24) is 70.7 Å². The van der Waals surface area contributed by atoms with Crippen LogP contribution in [0.4, 0.5) is 48.3 Å². The number of aromatic carboxylic acids is 5. The Kier molecular flexibility index (Phi) is 32.9. The Morgan fingerprint density at radius 2 is 0.649 bits per heavy atom. The number of carbonyl (C=O) groups excluding carboxylic acids is 5. The smallest absolute Gasteiger partial charge is 0.410 e. The fourth-order valence-electron chi connectivity index (χ4n) is 11.8. The van der Waals surface area contributed by atoms with E-state index < -0.39 is 76.1 Å². The molecule has 5 fully saturated rings. The second-order valence-electron chi connectivity index (χ2n) is 32.3. The van der Waals surface area contributed by atoms with E-state index in [9.17, 15) is 47.9 Å². The van der Waals surface area contributed by atoms with Crippen molar-refractivity contribution in [3.05, 3.63) is 90.4 Å². The Bertz CT molecular complexity index is 3970. The van der Waals surface area contributed by atoms with Gasteiger partial charge in [-0.05, 0) is 161 Å². The molecule has 114 heavy (non-hydrogen) atoms. The number of carbonyl (C=O) groups is 10. The summed E-state index contributed by atoms with van der Waals surface area (Å²) in [5.41, 5.74) is -2.65. The molecule has 39 heteroatoms. The Morgan fingerprint density at radius 1 is 0.351 bits per heavy atom. The first-order chi connectivity index (χ1) is 53.2. The summed E-state index contributed by atoms with van der Waals surface area (Å²) in [5.74, 6) is -1.85. The van der Waals surface area contributed by atoms with Crippen LogP contribution >= 0.6 is 0 Å². The van der Waals surface area contributed by atoms with Crippen LogP contribution in [0.15, 0.2) is 62.0 Å². The van der Waals surface area contributed by atoms with Crippen LogP contribution in [-0.4, -0.2) is 266 Å². The van der Waals surface area contributed by atoms with Crippen molar-refractivity contribution in [2.24, 2.45) is 11.8 Å². The Balaban J connectivity index is 0.000000222. The van der Waals surface area contributed by atoms with Crippen molar-refractivity contribution in [3.8, 4) is 0 Å². The molecule has 39 nitrogen and oxygen atoms in total. The number of nitrogens with zero attached hydrogens (tertiary/aromatic N) is 16. The van der Waals surface area contributed by atoms with E-state index >= 15 is 0 Å². The number of carboxylic acids is 5. The molecule has 4 amide bonds. The highest BCUT2D eigenvalue weighted by molar-refractivity contribution is 5.88. The molecule has 5 aliphatic heterocycles. The average molecular weight is 1600 g/mol.